The average molecular weight is 502 g/mol. The molecular weight excluding hydrogens is 458 g/mol. The topological polar surface area (TPSA) is 74.3 Å². The van der Waals surface area contributed by atoms with Crippen LogP contribution in [0, 0.1) is 0 Å². The van der Waals surface area contributed by atoms with Crippen molar-refractivity contribution in [2.45, 2.75) is 95.6 Å². The molecule has 7 nitrogen and oxygen atoms in total. The summed E-state index contributed by atoms with van der Waals surface area (Å²) in [6.45, 7) is 0.559. The molecule has 1 aliphatic heterocycles. The van der Waals surface area contributed by atoms with Gasteiger partial charge in [0.2, 0.25) is 11.7 Å². The highest BCUT2D eigenvalue weighted by Crippen LogP contribution is 2.38. The predicted molar refractivity (Wildman–Crippen MR) is 140 cm³/mol. The zero-order valence-corrected chi connectivity index (χ0v) is 22.3. The van der Waals surface area contributed by atoms with Crippen LogP contribution in [0.5, 0.6) is 17.2 Å². The molecule has 2 aliphatic carbocycles. The molecule has 3 aliphatic rings. The fourth-order valence-corrected chi connectivity index (χ4v) is 5.16. The van der Waals surface area contributed by atoms with Crippen LogP contribution >= 0.6 is 0 Å². The zero-order chi connectivity index (χ0) is 25.8. The van der Waals surface area contributed by atoms with E-state index in [1.807, 2.05) is 6.08 Å². The van der Waals surface area contributed by atoms with Crippen LogP contribution in [0.1, 0.15) is 82.6 Å². The molecule has 0 aromatic heterocycles. The van der Waals surface area contributed by atoms with Crippen LogP contribution in [0.4, 0.5) is 0 Å². The quantitative estimate of drug-likeness (QED) is 0.356. The Hall–Kier alpha value is -2.70. The van der Waals surface area contributed by atoms with E-state index in [0.29, 0.717) is 30.2 Å². The third kappa shape index (κ3) is 7.90. The van der Waals surface area contributed by atoms with Gasteiger partial charge in [0.25, 0.3) is 0 Å². The molecule has 36 heavy (non-hydrogen) atoms. The van der Waals surface area contributed by atoms with Gasteiger partial charge in [-0.25, -0.2) is 4.79 Å². The Balaban J connectivity index is 0.000000526. The normalized spacial score (nSPS) is 21.6. The molecule has 4 rings (SSSR count). The van der Waals surface area contributed by atoms with Crippen molar-refractivity contribution < 1.29 is 28.5 Å². The lowest BCUT2D eigenvalue weighted by atomic mass is 10.00. The van der Waals surface area contributed by atoms with E-state index in [1.54, 1.807) is 31.3 Å². The minimum absolute atomic E-state index is 0.106. The largest absolute Gasteiger partial charge is 0.493 e. The van der Waals surface area contributed by atoms with Crippen LogP contribution < -0.4 is 14.2 Å². The first-order chi connectivity index (χ1) is 17.6. The van der Waals surface area contributed by atoms with E-state index in [0.717, 1.165) is 37.7 Å². The van der Waals surface area contributed by atoms with Gasteiger partial charge in [0, 0.05) is 6.54 Å². The maximum Gasteiger partial charge on any atom is 0.329 e. The first-order valence-corrected chi connectivity index (χ1v) is 13.5. The molecular formula is C29H43NO6. The van der Waals surface area contributed by atoms with Crippen LogP contribution in [-0.4, -0.2) is 56.8 Å². The second-order valence-electron chi connectivity index (χ2n) is 9.76. The van der Waals surface area contributed by atoms with Crippen LogP contribution in [0.2, 0.25) is 0 Å². The van der Waals surface area contributed by atoms with Gasteiger partial charge in [0.05, 0.1) is 27.8 Å². The highest BCUT2D eigenvalue weighted by molar-refractivity contribution is 5.86. The summed E-state index contributed by atoms with van der Waals surface area (Å²) in [5, 5.41) is 0. The second-order valence-corrected chi connectivity index (χ2v) is 9.76. The summed E-state index contributed by atoms with van der Waals surface area (Å²) < 4.78 is 21.8. The van der Waals surface area contributed by atoms with Crippen molar-refractivity contribution in [2.75, 3.05) is 27.9 Å². The fourth-order valence-electron chi connectivity index (χ4n) is 5.16. The number of rotatable bonds is 7. The molecule has 200 valence electrons. The number of nitrogens with zero attached hydrogens (tertiary/aromatic N) is 1. The number of ether oxygens (including phenoxy) is 4. The van der Waals surface area contributed by atoms with E-state index in [-0.39, 0.29) is 24.4 Å². The van der Waals surface area contributed by atoms with Crippen molar-refractivity contribution in [3.05, 3.63) is 29.8 Å². The van der Waals surface area contributed by atoms with Gasteiger partial charge in [-0.1, -0.05) is 44.6 Å². The molecule has 1 amide bonds. The number of carbonyl (C=O) groups is 2. The van der Waals surface area contributed by atoms with Gasteiger partial charge in [0.1, 0.15) is 12.1 Å². The van der Waals surface area contributed by atoms with Crippen molar-refractivity contribution >= 4 is 11.9 Å². The molecule has 1 saturated carbocycles. The minimum atomic E-state index is -0.524. The summed E-state index contributed by atoms with van der Waals surface area (Å²) in [6.07, 6.45) is 18.3. The van der Waals surface area contributed by atoms with E-state index < -0.39 is 6.04 Å². The van der Waals surface area contributed by atoms with E-state index in [4.69, 9.17) is 18.9 Å². The second kappa shape index (κ2) is 14.8. The number of likely N-dealkylation sites (tertiary alicyclic amines) is 1. The van der Waals surface area contributed by atoms with Crippen molar-refractivity contribution in [3.63, 3.8) is 0 Å². The Labute approximate surface area is 216 Å². The van der Waals surface area contributed by atoms with Gasteiger partial charge in [0.15, 0.2) is 11.5 Å². The van der Waals surface area contributed by atoms with Crippen LogP contribution in [0.15, 0.2) is 24.3 Å². The Morgan fingerprint density at radius 2 is 1.47 bits per heavy atom. The van der Waals surface area contributed by atoms with Crippen molar-refractivity contribution in [2.24, 2.45) is 0 Å². The fraction of sp³-hybridized carbons (Fsp3) is 0.655. The van der Waals surface area contributed by atoms with Gasteiger partial charge >= 0.3 is 5.97 Å². The number of carbonyl (C=O) groups excluding carboxylic acids is 2. The molecule has 2 atom stereocenters. The minimum Gasteiger partial charge on any atom is -0.493 e. The molecule has 2 unspecified atom stereocenters. The molecule has 1 saturated heterocycles. The molecule has 1 aromatic rings. The van der Waals surface area contributed by atoms with Gasteiger partial charge < -0.3 is 23.8 Å². The Morgan fingerprint density at radius 3 is 2.00 bits per heavy atom. The highest BCUT2D eigenvalue weighted by Gasteiger charge is 2.34. The van der Waals surface area contributed by atoms with Gasteiger partial charge in [-0.05, 0) is 62.3 Å². The molecule has 1 heterocycles. The van der Waals surface area contributed by atoms with Gasteiger partial charge in [-0.15, -0.1) is 0 Å². The Morgan fingerprint density at radius 1 is 0.833 bits per heavy atom. The summed E-state index contributed by atoms with van der Waals surface area (Å²) in [6, 6.07) is 3.01. The third-order valence-electron chi connectivity index (χ3n) is 7.15. The van der Waals surface area contributed by atoms with Crippen LogP contribution in [-0.2, 0) is 20.7 Å². The first kappa shape index (κ1) is 27.9. The third-order valence-corrected chi connectivity index (χ3v) is 7.15. The van der Waals surface area contributed by atoms with Gasteiger partial charge in [-0.2, -0.15) is 0 Å². The lowest BCUT2D eigenvalue weighted by molar-refractivity contribution is -0.159. The van der Waals surface area contributed by atoms with Crippen molar-refractivity contribution in [3.8, 4) is 17.2 Å². The van der Waals surface area contributed by atoms with Crippen LogP contribution in [0.25, 0.3) is 0 Å². The number of amides is 1. The highest BCUT2D eigenvalue weighted by atomic mass is 16.5. The molecule has 0 spiro atoms. The van der Waals surface area contributed by atoms with Gasteiger partial charge in [-0.3, -0.25) is 4.79 Å². The number of benzene rings is 1. The first-order valence-electron chi connectivity index (χ1n) is 13.5. The number of hydrogen-bond acceptors (Lipinski definition) is 6. The maximum atomic E-state index is 13.1. The summed E-state index contributed by atoms with van der Waals surface area (Å²) >= 11 is 0. The number of methoxy groups -OCH3 is 3. The SMILES string of the molecule is C1CCCCC1.COc1cc(CC(=O)N2CCCCC2C(=O)OC2C=CCCC2)cc(OC)c1OC. The maximum absolute atomic E-state index is 13.1. The molecule has 0 N–H and O–H groups in total. The number of hydrogen-bond donors (Lipinski definition) is 0. The average Bonchev–Trinajstić information content (AvgIpc) is 2.94. The predicted octanol–water partition coefficient (Wildman–Crippen LogP) is 5.63. The smallest absolute Gasteiger partial charge is 0.329 e. The van der Waals surface area contributed by atoms with E-state index >= 15 is 0 Å². The summed E-state index contributed by atoms with van der Waals surface area (Å²) in [4.78, 5) is 27.6. The lowest BCUT2D eigenvalue weighted by Crippen LogP contribution is -2.49. The van der Waals surface area contributed by atoms with E-state index in [2.05, 4.69) is 6.08 Å². The summed E-state index contributed by atoms with van der Waals surface area (Å²) in [5.41, 5.74) is 0.738. The Kier molecular flexibility index (Phi) is 11.4. The summed E-state index contributed by atoms with van der Waals surface area (Å²) in [5.74, 6) is 1.07. The number of allylic oxidation sites excluding steroid dienone is 1. The molecule has 1 aromatic carbocycles. The number of piperidine rings is 1. The standard InChI is InChI=1S/C23H31NO6.C6H12/c1-27-19-13-16(14-20(28-2)22(19)29-3)15-21(25)24-12-8-7-11-18(24)23(26)30-17-9-5-4-6-10-17;1-2-4-6-5-3-1/h5,9,13-14,17-18H,4,6-8,10-12,15H2,1-3H3;1-6H2. The van der Waals surface area contributed by atoms with Crippen LogP contribution in [0.3, 0.4) is 0 Å². The lowest BCUT2D eigenvalue weighted by Gasteiger charge is -2.35. The van der Waals surface area contributed by atoms with Crippen molar-refractivity contribution in [1.82, 2.24) is 4.90 Å². The molecule has 0 bridgehead atoms. The molecule has 2 fully saturated rings. The Bertz CT molecular complexity index is 842. The zero-order valence-electron chi connectivity index (χ0n) is 22.3. The summed E-state index contributed by atoms with van der Waals surface area (Å²) in [7, 11) is 4.62. The number of esters is 1. The monoisotopic (exact) mass is 501 g/mol. The van der Waals surface area contributed by atoms with E-state index in [9.17, 15) is 9.59 Å². The molecule has 7 heteroatoms. The molecule has 0 radical (unpaired) electrons. The van der Waals surface area contributed by atoms with E-state index in [1.165, 1.54) is 45.6 Å². The van der Waals surface area contributed by atoms with Crippen molar-refractivity contribution in [1.29, 1.82) is 0 Å².